The highest BCUT2D eigenvalue weighted by Crippen LogP contribution is 2.21. The molecule has 84 valence electrons. The second-order valence-electron chi connectivity index (χ2n) is 2.97. The molecule has 5 nitrogen and oxygen atoms in total. The molecule has 0 aliphatic rings. The van der Waals surface area contributed by atoms with E-state index in [1.807, 2.05) is 19.1 Å². The molecule has 3 N–H and O–H groups in total. The van der Waals surface area contributed by atoms with Crippen LogP contribution in [0, 0.1) is 0 Å². The maximum Gasteiger partial charge on any atom is 0.142 e. The lowest BCUT2D eigenvalue weighted by Gasteiger charge is -2.17. The minimum atomic E-state index is -0.152. The summed E-state index contributed by atoms with van der Waals surface area (Å²) in [5.41, 5.74) is 3.42. The van der Waals surface area contributed by atoms with Gasteiger partial charge in [0.15, 0.2) is 0 Å². The van der Waals surface area contributed by atoms with E-state index in [9.17, 15) is 0 Å². The van der Waals surface area contributed by atoms with E-state index in [1.165, 1.54) is 0 Å². The van der Waals surface area contributed by atoms with Crippen molar-refractivity contribution in [1.82, 2.24) is 10.4 Å². The summed E-state index contributed by atoms with van der Waals surface area (Å²) in [7, 11) is 1.61. The van der Waals surface area contributed by atoms with E-state index in [4.69, 9.17) is 15.3 Å². The zero-order valence-electron chi connectivity index (χ0n) is 9.06. The highest BCUT2D eigenvalue weighted by molar-refractivity contribution is 5.29. The van der Waals surface area contributed by atoms with Gasteiger partial charge in [-0.3, -0.25) is 10.8 Å². The maximum absolute atomic E-state index is 5.44. The predicted octanol–water partition coefficient (Wildman–Crippen LogP) is 0.631. The van der Waals surface area contributed by atoms with E-state index in [2.05, 4.69) is 10.4 Å². The molecule has 1 atom stereocenters. The second-order valence-corrected chi connectivity index (χ2v) is 2.97. The summed E-state index contributed by atoms with van der Waals surface area (Å²) in [6.07, 6.45) is 1.70. The van der Waals surface area contributed by atoms with E-state index in [0.29, 0.717) is 19.0 Å². The Labute approximate surface area is 89.6 Å². The van der Waals surface area contributed by atoms with Gasteiger partial charge in [0.1, 0.15) is 11.4 Å². The fourth-order valence-corrected chi connectivity index (χ4v) is 1.28. The number of hydrogen-bond donors (Lipinski definition) is 2. The highest BCUT2D eigenvalue weighted by atomic mass is 16.5. The number of hydrazine groups is 1. The van der Waals surface area contributed by atoms with Crippen LogP contribution >= 0.6 is 0 Å². The Kier molecular flexibility index (Phi) is 5.03. The van der Waals surface area contributed by atoms with Crippen molar-refractivity contribution in [1.29, 1.82) is 0 Å². The number of nitrogens with two attached hydrogens (primary N) is 1. The lowest BCUT2D eigenvalue weighted by atomic mass is 10.2. The molecule has 0 amide bonds. The highest BCUT2D eigenvalue weighted by Gasteiger charge is 2.15. The second kappa shape index (κ2) is 6.34. The third kappa shape index (κ3) is 3.16. The monoisotopic (exact) mass is 211 g/mol. The van der Waals surface area contributed by atoms with Crippen molar-refractivity contribution in [2.75, 3.05) is 20.3 Å². The van der Waals surface area contributed by atoms with Crippen LogP contribution in [0.1, 0.15) is 18.7 Å². The fraction of sp³-hybridized carbons (Fsp3) is 0.500. The van der Waals surface area contributed by atoms with Crippen LogP contribution < -0.4 is 16.0 Å². The van der Waals surface area contributed by atoms with Gasteiger partial charge in [-0.05, 0) is 19.1 Å². The molecule has 1 heterocycles. The van der Waals surface area contributed by atoms with Gasteiger partial charge in [0.2, 0.25) is 0 Å². The van der Waals surface area contributed by atoms with Crippen LogP contribution in [-0.2, 0) is 4.74 Å². The molecule has 0 radical (unpaired) electrons. The molecule has 15 heavy (non-hydrogen) atoms. The third-order valence-corrected chi connectivity index (χ3v) is 2.04. The molecule has 0 saturated carbocycles. The van der Waals surface area contributed by atoms with Crippen LogP contribution in [0.25, 0.3) is 0 Å². The topological polar surface area (TPSA) is 69.4 Å². The molecule has 1 aromatic heterocycles. The summed E-state index contributed by atoms with van der Waals surface area (Å²) >= 11 is 0. The number of nitrogens with one attached hydrogen (secondary N) is 1. The molecule has 0 bridgehead atoms. The minimum absolute atomic E-state index is 0.152. The quantitative estimate of drug-likeness (QED) is 0.533. The smallest absolute Gasteiger partial charge is 0.142 e. The molecule has 1 aromatic rings. The average Bonchev–Trinajstić information content (AvgIpc) is 2.30. The minimum Gasteiger partial charge on any atom is -0.495 e. The molecule has 0 spiro atoms. The van der Waals surface area contributed by atoms with Crippen molar-refractivity contribution in [3.05, 3.63) is 24.0 Å². The number of hydrogen-bond acceptors (Lipinski definition) is 5. The lowest BCUT2D eigenvalue weighted by molar-refractivity contribution is 0.121. The predicted molar refractivity (Wildman–Crippen MR) is 57.3 cm³/mol. The van der Waals surface area contributed by atoms with Crippen molar-refractivity contribution < 1.29 is 9.47 Å². The number of rotatable bonds is 6. The van der Waals surface area contributed by atoms with Crippen molar-refractivity contribution in [2.24, 2.45) is 5.84 Å². The van der Waals surface area contributed by atoms with Crippen LogP contribution in [0.15, 0.2) is 18.3 Å². The molecule has 1 unspecified atom stereocenters. The number of ether oxygens (including phenoxy) is 2. The third-order valence-electron chi connectivity index (χ3n) is 2.04. The van der Waals surface area contributed by atoms with Gasteiger partial charge in [-0.1, -0.05) is 0 Å². The van der Waals surface area contributed by atoms with Crippen molar-refractivity contribution in [3.8, 4) is 5.75 Å². The van der Waals surface area contributed by atoms with Crippen LogP contribution in [0.5, 0.6) is 5.75 Å². The summed E-state index contributed by atoms with van der Waals surface area (Å²) in [5, 5.41) is 0. The molecule has 0 aliphatic heterocycles. The average molecular weight is 211 g/mol. The Balaban J connectivity index is 2.80. The van der Waals surface area contributed by atoms with Crippen LogP contribution in [0.2, 0.25) is 0 Å². The first-order chi connectivity index (χ1) is 7.33. The Bertz CT molecular complexity index is 294. The van der Waals surface area contributed by atoms with Crippen LogP contribution in [-0.4, -0.2) is 25.3 Å². The first-order valence-corrected chi connectivity index (χ1v) is 4.86. The van der Waals surface area contributed by atoms with Gasteiger partial charge in [-0.25, -0.2) is 5.43 Å². The zero-order chi connectivity index (χ0) is 11.1. The Morgan fingerprint density at radius 3 is 3.00 bits per heavy atom. The van der Waals surface area contributed by atoms with E-state index in [1.54, 1.807) is 13.3 Å². The molecule has 1 rings (SSSR count). The van der Waals surface area contributed by atoms with E-state index in [-0.39, 0.29) is 6.04 Å². The molecule has 0 aliphatic carbocycles. The maximum atomic E-state index is 5.44. The summed E-state index contributed by atoms with van der Waals surface area (Å²) < 4.78 is 10.5. The lowest BCUT2D eigenvalue weighted by Crippen LogP contribution is -2.32. The molecule has 0 saturated heterocycles. The van der Waals surface area contributed by atoms with E-state index >= 15 is 0 Å². The van der Waals surface area contributed by atoms with Gasteiger partial charge in [0, 0.05) is 12.8 Å². The Hall–Kier alpha value is -1.17. The normalized spacial score (nSPS) is 12.5. The number of pyridine rings is 1. The van der Waals surface area contributed by atoms with Crippen molar-refractivity contribution in [3.63, 3.8) is 0 Å². The zero-order valence-corrected chi connectivity index (χ0v) is 9.06. The van der Waals surface area contributed by atoms with Gasteiger partial charge in [0.25, 0.3) is 0 Å². The number of nitrogens with zero attached hydrogens (tertiary/aromatic N) is 1. The van der Waals surface area contributed by atoms with Gasteiger partial charge < -0.3 is 9.47 Å². The molecular weight excluding hydrogens is 194 g/mol. The standard InChI is InChI=1S/C10H17N3O2/c1-3-15-7-8(13-11)10-9(14-2)5-4-6-12-10/h4-6,8,13H,3,7,11H2,1-2H3. The largest absolute Gasteiger partial charge is 0.495 e. The van der Waals surface area contributed by atoms with Crippen molar-refractivity contribution >= 4 is 0 Å². The van der Waals surface area contributed by atoms with Gasteiger partial charge in [-0.15, -0.1) is 0 Å². The number of aromatic nitrogens is 1. The first kappa shape index (κ1) is 11.9. The molecule has 0 aromatic carbocycles. The summed E-state index contributed by atoms with van der Waals surface area (Å²) in [6, 6.07) is 3.51. The summed E-state index contributed by atoms with van der Waals surface area (Å²) in [4.78, 5) is 4.23. The summed E-state index contributed by atoms with van der Waals surface area (Å²) in [5.74, 6) is 6.15. The van der Waals surface area contributed by atoms with E-state index < -0.39 is 0 Å². The summed E-state index contributed by atoms with van der Waals surface area (Å²) in [6.45, 7) is 3.05. The first-order valence-electron chi connectivity index (χ1n) is 4.86. The SMILES string of the molecule is CCOCC(NN)c1ncccc1OC. The van der Waals surface area contributed by atoms with Crippen LogP contribution in [0.4, 0.5) is 0 Å². The van der Waals surface area contributed by atoms with Crippen LogP contribution in [0.3, 0.4) is 0 Å². The van der Waals surface area contributed by atoms with Gasteiger partial charge in [-0.2, -0.15) is 0 Å². The Morgan fingerprint density at radius 2 is 2.40 bits per heavy atom. The van der Waals surface area contributed by atoms with Crippen molar-refractivity contribution in [2.45, 2.75) is 13.0 Å². The molecular formula is C10H17N3O2. The Morgan fingerprint density at radius 1 is 1.60 bits per heavy atom. The fourth-order valence-electron chi connectivity index (χ4n) is 1.28. The number of methoxy groups -OCH3 is 1. The molecule has 0 fully saturated rings. The van der Waals surface area contributed by atoms with Gasteiger partial charge in [0.05, 0.1) is 19.8 Å². The van der Waals surface area contributed by atoms with E-state index in [0.717, 1.165) is 5.69 Å². The van der Waals surface area contributed by atoms with Gasteiger partial charge >= 0.3 is 0 Å². The molecule has 5 heteroatoms.